The van der Waals surface area contributed by atoms with E-state index in [0.29, 0.717) is 11.2 Å². The predicted octanol–water partition coefficient (Wildman–Crippen LogP) is 3.30. The van der Waals surface area contributed by atoms with Crippen LogP contribution in [0.15, 0.2) is 69.6 Å². The molecule has 1 amide bonds. The van der Waals surface area contributed by atoms with E-state index in [1.54, 1.807) is 23.6 Å². The summed E-state index contributed by atoms with van der Waals surface area (Å²) in [6.45, 7) is 1.55. The number of thiophene rings is 1. The summed E-state index contributed by atoms with van der Waals surface area (Å²) in [7, 11) is 0. The molecular weight excluding hydrogens is 393 g/mol. The maximum Gasteiger partial charge on any atom is 0.336 e. The number of anilines is 1. The first-order valence-corrected chi connectivity index (χ1v) is 9.69. The third-order valence-corrected chi connectivity index (χ3v) is 5.46. The summed E-state index contributed by atoms with van der Waals surface area (Å²) in [5.74, 6) is -1.12. The third kappa shape index (κ3) is 3.38. The Morgan fingerprint density at radius 3 is 2.55 bits per heavy atom. The Hall–Kier alpha value is -3.52. The van der Waals surface area contributed by atoms with Gasteiger partial charge in [0, 0.05) is 5.69 Å². The van der Waals surface area contributed by atoms with Crippen LogP contribution in [0, 0.1) is 12.7 Å². The Morgan fingerprint density at radius 2 is 1.79 bits per heavy atom. The van der Waals surface area contributed by atoms with Gasteiger partial charge in [-0.25, -0.2) is 13.8 Å². The molecule has 0 atom stereocenters. The lowest BCUT2D eigenvalue weighted by atomic mass is 10.2. The number of halogens is 1. The van der Waals surface area contributed by atoms with Crippen molar-refractivity contribution in [1.82, 2.24) is 9.13 Å². The molecule has 2 aromatic carbocycles. The maximum atomic E-state index is 14.3. The van der Waals surface area contributed by atoms with Crippen LogP contribution in [0.1, 0.15) is 5.56 Å². The number of carbonyl (C=O) groups excluding carboxylic acids is 1. The smallest absolute Gasteiger partial charge is 0.324 e. The molecule has 8 heteroatoms. The van der Waals surface area contributed by atoms with Crippen LogP contribution in [0.3, 0.4) is 0 Å². The number of hydrogen-bond donors (Lipinski definition) is 1. The number of nitrogens with one attached hydrogen (secondary N) is 1. The fourth-order valence-corrected chi connectivity index (χ4v) is 3.96. The van der Waals surface area contributed by atoms with Gasteiger partial charge in [-0.15, -0.1) is 11.3 Å². The molecular formula is C21H16FN3O3S. The fourth-order valence-electron chi connectivity index (χ4n) is 3.13. The Morgan fingerprint density at radius 1 is 1.07 bits per heavy atom. The van der Waals surface area contributed by atoms with E-state index in [9.17, 15) is 18.8 Å². The molecule has 0 bridgehead atoms. The van der Waals surface area contributed by atoms with Crippen LogP contribution in [0.4, 0.5) is 10.1 Å². The molecule has 0 saturated heterocycles. The summed E-state index contributed by atoms with van der Waals surface area (Å²) in [5, 5.41) is 4.43. The molecule has 2 heterocycles. The minimum atomic E-state index is -0.772. The summed E-state index contributed by atoms with van der Waals surface area (Å²) >= 11 is 1.14. The van der Waals surface area contributed by atoms with E-state index in [0.717, 1.165) is 21.5 Å². The number of amides is 1. The highest BCUT2D eigenvalue weighted by molar-refractivity contribution is 7.17. The normalized spacial score (nSPS) is 11.0. The van der Waals surface area contributed by atoms with E-state index >= 15 is 0 Å². The minimum absolute atomic E-state index is 0.147. The quantitative estimate of drug-likeness (QED) is 0.562. The number of aryl methyl sites for hydroxylation is 1. The molecule has 29 heavy (non-hydrogen) atoms. The SMILES string of the molecule is Cc1ccccc1NC(=O)Cn1c(=O)n(-c2ccccc2F)c(=O)c2sccc21. The van der Waals surface area contributed by atoms with Crippen LogP contribution < -0.4 is 16.6 Å². The van der Waals surface area contributed by atoms with Crippen molar-refractivity contribution in [3.63, 3.8) is 0 Å². The molecule has 4 aromatic rings. The third-order valence-electron chi connectivity index (χ3n) is 4.57. The number of hydrogen-bond acceptors (Lipinski definition) is 4. The van der Waals surface area contributed by atoms with Crippen molar-refractivity contribution < 1.29 is 9.18 Å². The molecule has 1 N–H and O–H groups in total. The largest absolute Gasteiger partial charge is 0.336 e. The van der Waals surface area contributed by atoms with Gasteiger partial charge in [-0.05, 0) is 42.1 Å². The van der Waals surface area contributed by atoms with E-state index in [4.69, 9.17) is 0 Å². The Balaban J connectivity index is 1.83. The number of rotatable bonds is 4. The van der Waals surface area contributed by atoms with Crippen LogP contribution in [0.2, 0.25) is 0 Å². The van der Waals surface area contributed by atoms with Gasteiger partial charge in [0.15, 0.2) is 0 Å². The molecule has 2 aromatic heterocycles. The molecule has 4 rings (SSSR count). The van der Waals surface area contributed by atoms with Gasteiger partial charge in [-0.3, -0.25) is 14.2 Å². The average molecular weight is 409 g/mol. The molecule has 0 aliphatic rings. The Kier molecular flexibility index (Phi) is 4.85. The topological polar surface area (TPSA) is 73.1 Å². The minimum Gasteiger partial charge on any atom is -0.324 e. The molecule has 0 unspecified atom stereocenters. The standard InChI is InChI=1S/C21H16FN3O3S/c1-13-6-2-4-8-15(13)23-18(26)12-24-17-10-11-29-19(17)20(27)25(21(24)28)16-9-5-3-7-14(16)22/h2-11H,12H2,1H3,(H,23,26). The van der Waals surface area contributed by atoms with Crippen LogP contribution in [-0.2, 0) is 11.3 Å². The molecule has 0 fully saturated rings. The molecule has 146 valence electrons. The summed E-state index contributed by atoms with van der Waals surface area (Å²) < 4.78 is 16.5. The second-order valence-corrected chi connectivity index (χ2v) is 7.37. The van der Waals surface area contributed by atoms with Gasteiger partial charge in [0.05, 0.1) is 11.2 Å². The van der Waals surface area contributed by atoms with Crippen molar-refractivity contribution in [3.8, 4) is 5.69 Å². The van der Waals surface area contributed by atoms with Crippen molar-refractivity contribution in [1.29, 1.82) is 0 Å². The Bertz CT molecular complexity index is 1350. The van der Waals surface area contributed by atoms with Gasteiger partial charge in [0.25, 0.3) is 5.56 Å². The van der Waals surface area contributed by atoms with Crippen molar-refractivity contribution in [3.05, 3.63) is 92.2 Å². The van der Waals surface area contributed by atoms with Gasteiger partial charge in [0.1, 0.15) is 17.1 Å². The van der Waals surface area contributed by atoms with E-state index in [-0.39, 0.29) is 16.9 Å². The lowest BCUT2D eigenvalue weighted by Crippen LogP contribution is -2.40. The van der Waals surface area contributed by atoms with Gasteiger partial charge in [-0.1, -0.05) is 30.3 Å². The fraction of sp³-hybridized carbons (Fsp3) is 0.0952. The molecule has 6 nitrogen and oxygen atoms in total. The van der Waals surface area contributed by atoms with Crippen LogP contribution in [0.5, 0.6) is 0 Å². The second-order valence-electron chi connectivity index (χ2n) is 6.46. The van der Waals surface area contributed by atoms with E-state index in [2.05, 4.69) is 5.32 Å². The molecule has 0 aliphatic carbocycles. The first-order chi connectivity index (χ1) is 14.0. The van der Waals surface area contributed by atoms with Crippen molar-refractivity contribution in [2.45, 2.75) is 13.5 Å². The molecule has 0 radical (unpaired) electrons. The highest BCUT2D eigenvalue weighted by Crippen LogP contribution is 2.18. The van der Waals surface area contributed by atoms with E-state index in [1.807, 2.05) is 19.1 Å². The highest BCUT2D eigenvalue weighted by Gasteiger charge is 2.19. The van der Waals surface area contributed by atoms with Gasteiger partial charge >= 0.3 is 5.69 Å². The van der Waals surface area contributed by atoms with Gasteiger partial charge < -0.3 is 5.32 Å². The lowest BCUT2D eigenvalue weighted by Gasteiger charge is -2.13. The highest BCUT2D eigenvalue weighted by atomic mass is 32.1. The molecule has 0 spiro atoms. The zero-order chi connectivity index (χ0) is 20.5. The summed E-state index contributed by atoms with van der Waals surface area (Å²) in [4.78, 5) is 38.5. The zero-order valence-corrected chi connectivity index (χ0v) is 16.2. The van der Waals surface area contributed by atoms with Crippen LogP contribution in [-0.4, -0.2) is 15.0 Å². The number of benzene rings is 2. The summed E-state index contributed by atoms with van der Waals surface area (Å²) in [5.41, 5.74) is 0.328. The first-order valence-electron chi connectivity index (χ1n) is 8.81. The average Bonchev–Trinajstić information content (AvgIpc) is 3.19. The number of para-hydroxylation sites is 2. The maximum absolute atomic E-state index is 14.3. The van der Waals surface area contributed by atoms with Crippen molar-refractivity contribution >= 4 is 33.1 Å². The molecule has 0 saturated carbocycles. The van der Waals surface area contributed by atoms with Crippen LogP contribution >= 0.6 is 11.3 Å². The van der Waals surface area contributed by atoms with E-state index < -0.39 is 23.0 Å². The van der Waals surface area contributed by atoms with Gasteiger partial charge in [-0.2, -0.15) is 0 Å². The second kappa shape index (κ2) is 7.48. The molecule has 0 aliphatic heterocycles. The van der Waals surface area contributed by atoms with Crippen LogP contribution in [0.25, 0.3) is 15.9 Å². The number of nitrogens with zero attached hydrogens (tertiary/aromatic N) is 2. The van der Waals surface area contributed by atoms with Crippen molar-refractivity contribution in [2.24, 2.45) is 0 Å². The predicted molar refractivity (Wildman–Crippen MR) is 111 cm³/mol. The summed E-state index contributed by atoms with van der Waals surface area (Å²) in [6.07, 6.45) is 0. The number of fused-ring (bicyclic) bond motifs is 1. The van der Waals surface area contributed by atoms with E-state index in [1.165, 1.54) is 28.8 Å². The Labute approximate surface area is 168 Å². The number of aromatic nitrogens is 2. The summed E-state index contributed by atoms with van der Waals surface area (Å²) in [6, 6.07) is 14.4. The van der Waals surface area contributed by atoms with Gasteiger partial charge in [0.2, 0.25) is 5.91 Å². The number of carbonyl (C=O) groups is 1. The lowest BCUT2D eigenvalue weighted by molar-refractivity contribution is -0.116. The zero-order valence-electron chi connectivity index (χ0n) is 15.4. The first kappa shape index (κ1) is 18.8. The monoisotopic (exact) mass is 409 g/mol. The van der Waals surface area contributed by atoms with Crippen molar-refractivity contribution in [2.75, 3.05) is 5.32 Å².